The first-order valence-electron chi connectivity index (χ1n) is 8.35. The van der Waals surface area contributed by atoms with Crippen LogP contribution in [0.4, 0.5) is 0 Å². The van der Waals surface area contributed by atoms with Crippen LogP contribution in [0.1, 0.15) is 34.5 Å². The van der Waals surface area contributed by atoms with Crippen molar-refractivity contribution < 1.29 is 9.90 Å². The number of hydrogen-bond acceptors (Lipinski definition) is 5. The Morgan fingerprint density at radius 1 is 1.16 bits per heavy atom. The molecule has 1 fully saturated rings. The van der Waals surface area contributed by atoms with E-state index in [0.717, 1.165) is 63.2 Å². The van der Waals surface area contributed by atoms with E-state index in [4.69, 9.17) is 0 Å². The Morgan fingerprint density at radius 3 is 2.56 bits per heavy atom. The van der Waals surface area contributed by atoms with Crippen molar-refractivity contribution in [1.82, 2.24) is 20.5 Å². The van der Waals surface area contributed by atoms with Crippen LogP contribution in [0.25, 0.3) is 0 Å². The van der Waals surface area contributed by atoms with Gasteiger partial charge in [-0.1, -0.05) is 0 Å². The van der Waals surface area contributed by atoms with E-state index in [0.29, 0.717) is 13.0 Å². The van der Waals surface area contributed by atoms with Crippen molar-refractivity contribution in [2.45, 2.75) is 25.7 Å². The number of aromatic hydroxyl groups is 1. The Kier molecular flexibility index (Phi) is 8.71. The lowest BCUT2D eigenvalue weighted by Crippen LogP contribution is -2.46. The first kappa shape index (κ1) is 21.8. The van der Waals surface area contributed by atoms with Gasteiger partial charge in [-0.2, -0.15) is 0 Å². The number of nitrogens with one attached hydrogen (secondary N) is 3. The lowest BCUT2D eigenvalue weighted by molar-refractivity contribution is 0.0942. The van der Waals surface area contributed by atoms with Crippen molar-refractivity contribution in [3.8, 4) is 5.75 Å². The summed E-state index contributed by atoms with van der Waals surface area (Å²) < 4.78 is 0. The summed E-state index contributed by atoms with van der Waals surface area (Å²) in [7, 11) is 0. The van der Waals surface area contributed by atoms with E-state index in [-0.39, 0.29) is 36.1 Å². The van der Waals surface area contributed by atoms with Crippen LogP contribution >= 0.6 is 24.8 Å². The lowest BCUT2D eigenvalue weighted by atomic mass is 9.93. The summed E-state index contributed by atoms with van der Waals surface area (Å²) >= 11 is 0. The van der Waals surface area contributed by atoms with Gasteiger partial charge in [0.05, 0.1) is 0 Å². The van der Waals surface area contributed by atoms with E-state index in [1.54, 1.807) is 0 Å². The van der Waals surface area contributed by atoms with E-state index in [9.17, 15) is 14.7 Å². The fourth-order valence-electron chi connectivity index (χ4n) is 3.32. The zero-order valence-electron chi connectivity index (χ0n) is 14.1. The van der Waals surface area contributed by atoms with Crippen molar-refractivity contribution in [3.63, 3.8) is 0 Å². The molecule has 2 aliphatic rings. The Labute approximate surface area is 159 Å². The average Bonchev–Trinajstić information content (AvgIpc) is 2.56. The Balaban J connectivity index is 0.00000156. The molecule has 1 saturated heterocycles. The topological polar surface area (TPSA) is 97.5 Å². The van der Waals surface area contributed by atoms with Gasteiger partial charge in [0, 0.05) is 50.5 Å². The summed E-state index contributed by atoms with van der Waals surface area (Å²) in [5, 5.41) is 16.4. The molecule has 1 amide bonds. The first-order chi connectivity index (χ1) is 11.2. The minimum Gasteiger partial charge on any atom is -0.507 e. The Morgan fingerprint density at radius 2 is 1.84 bits per heavy atom. The van der Waals surface area contributed by atoms with Crippen LogP contribution in [0, 0.1) is 0 Å². The molecule has 0 saturated carbocycles. The second-order valence-corrected chi connectivity index (χ2v) is 6.19. The van der Waals surface area contributed by atoms with Gasteiger partial charge in [-0.3, -0.25) is 14.5 Å². The highest BCUT2D eigenvalue weighted by Gasteiger charge is 2.23. The number of pyridine rings is 1. The van der Waals surface area contributed by atoms with Gasteiger partial charge in [0.15, 0.2) is 0 Å². The second kappa shape index (κ2) is 10.0. The van der Waals surface area contributed by atoms with Gasteiger partial charge in [0.1, 0.15) is 11.3 Å². The zero-order valence-corrected chi connectivity index (χ0v) is 15.7. The molecular weight excluding hydrogens is 367 g/mol. The smallest absolute Gasteiger partial charge is 0.264 e. The van der Waals surface area contributed by atoms with Crippen LogP contribution in [0.2, 0.25) is 0 Å². The van der Waals surface area contributed by atoms with Gasteiger partial charge in [0.2, 0.25) is 0 Å². The molecule has 0 radical (unpaired) electrons. The number of H-pyrrole nitrogens is 1. The molecule has 2 heterocycles. The van der Waals surface area contributed by atoms with Crippen LogP contribution in [0.3, 0.4) is 0 Å². The molecule has 1 aliphatic carbocycles. The molecule has 4 N–H and O–H groups in total. The van der Waals surface area contributed by atoms with E-state index in [1.165, 1.54) is 0 Å². The van der Waals surface area contributed by atoms with Crippen molar-refractivity contribution >= 4 is 30.7 Å². The number of piperazine rings is 1. The van der Waals surface area contributed by atoms with Gasteiger partial charge in [-0.05, 0) is 25.7 Å². The van der Waals surface area contributed by atoms with E-state index in [1.807, 2.05) is 0 Å². The number of aromatic nitrogens is 1. The van der Waals surface area contributed by atoms with Crippen molar-refractivity contribution in [2.75, 3.05) is 39.3 Å². The maximum Gasteiger partial charge on any atom is 0.264 e. The van der Waals surface area contributed by atoms with Crippen molar-refractivity contribution in [3.05, 3.63) is 27.2 Å². The molecule has 1 aromatic heterocycles. The summed E-state index contributed by atoms with van der Waals surface area (Å²) in [6.07, 6.45) is 3.43. The number of aromatic amines is 1. The minimum atomic E-state index is -0.497. The summed E-state index contributed by atoms with van der Waals surface area (Å²) in [5.74, 6) is -0.629. The predicted molar refractivity (Wildman–Crippen MR) is 102 cm³/mol. The highest BCUT2D eigenvalue weighted by atomic mass is 35.5. The molecule has 25 heavy (non-hydrogen) atoms. The maximum atomic E-state index is 12.3. The lowest BCUT2D eigenvalue weighted by Gasteiger charge is -2.27. The molecule has 0 atom stereocenters. The number of aryl methyl sites for hydroxylation is 1. The quantitative estimate of drug-likeness (QED) is 0.595. The third-order valence-corrected chi connectivity index (χ3v) is 4.63. The van der Waals surface area contributed by atoms with E-state index >= 15 is 0 Å². The Hall–Kier alpha value is -1.28. The van der Waals surface area contributed by atoms with Crippen LogP contribution in [0.15, 0.2) is 4.79 Å². The number of halogens is 2. The van der Waals surface area contributed by atoms with Gasteiger partial charge in [-0.15, -0.1) is 24.8 Å². The molecule has 1 aromatic rings. The summed E-state index contributed by atoms with van der Waals surface area (Å²) in [5.41, 5.74) is 0.855. The molecule has 0 bridgehead atoms. The standard InChI is InChI=1S/C16H24N4O3.2ClH/c21-14-11-3-1-2-4-12(11)19-16(23)13(14)15(22)18-7-10-20-8-5-17-6-9-20;;/h17H,1-10H2,(H,18,22)(H2,19,21,23);2*1H. The minimum absolute atomic E-state index is 0. The Bertz CT molecular complexity index is 645. The normalized spacial score (nSPS) is 17.0. The molecule has 1 aliphatic heterocycles. The maximum absolute atomic E-state index is 12.3. The predicted octanol–water partition coefficient (Wildman–Crippen LogP) is 0.438. The van der Waals surface area contributed by atoms with Gasteiger partial charge in [-0.25, -0.2) is 0 Å². The van der Waals surface area contributed by atoms with E-state index in [2.05, 4.69) is 20.5 Å². The van der Waals surface area contributed by atoms with Gasteiger partial charge >= 0.3 is 0 Å². The third kappa shape index (κ3) is 5.10. The molecule has 0 spiro atoms. The molecule has 3 rings (SSSR count). The van der Waals surface area contributed by atoms with Gasteiger partial charge in [0.25, 0.3) is 11.5 Å². The summed E-state index contributed by atoms with van der Waals surface area (Å²) in [4.78, 5) is 29.4. The fraction of sp³-hybridized carbons (Fsp3) is 0.625. The monoisotopic (exact) mass is 392 g/mol. The number of nitrogens with zero attached hydrogens (tertiary/aromatic N) is 1. The molecule has 0 aromatic carbocycles. The van der Waals surface area contributed by atoms with Gasteiger partial charge < -0.3 is 20.7 Å². The fourth-order valence-corrected chi connectivity index (χ4v) is 3.32. The average molecular weight is 393 g/mol. The number of amides is 1. The SMILES string of the molecule is Cl.Cl.O=C(NCCN1CCNCC1)c1c(O)c2c([nH]c1=O)CCCC2. The first-order valence-corrected chi connectivity index (χ1v) is 8.35. The summed E-state index contributed by atoms with van der Waals surface area (Å²) in [6, 6.07) is 0. The summed E-state index contributed by atoms with van der Waals surface area (Å²) in [6.45, 7) is 5.05. The molecular formula is C16H26Cl2N4O3. The molecule has 9 heteroatoms. The molecule has 0 unspecified atom stereocenters. The van der Waals surface area contributed by atoms with E-state index < -0.39 is 11.5 Å². The zero-order chi connectivity index (χ0) is 16.2. The third-order valence-electron chi connectivity index (χ3n) is 4.63. The van der Waals surface area contributed by atoms with Crippen LogP contribution in [-0.4, -0.2) is 60.2 Å². The molecule has 142 valence electrons. The number of carbonyl (C=O) groups is 1. The number of carbonyl (C=O) groups excluding carboxylic acids is 1. The second-order valence-electron chi connectivity index (χ2n) is 6.19. The van der Waals surface area contributed by atoms with Crippen LogP contribution in [0.5, 0.6) is 5.75 Å². The number of fused-ring (bicyclic) bond motifs is 1. The number of hydrogen-bond donors (Lipinski definition) is 4. The molecule has 7 nitrogen and oxygen atoms in total. The largest absolute Gasteiger partial charge is 0.507 e. The highest BCUT2D eigenvalue weighted by Crippen LogP contribution is 2.28. The highest BCUT2D eigenvalue weighted by molar-refractivity contribution is 5.96. The van der Waals surface area contributed by atoms with Crippen LogP contribution in [-0.2, 0) is 12.8 Å². The van der Waals surface area contributed by atoms with Crippen molar-refractivity contribution in [2.24, 2.45) is 0 Å². The van der Waals surface area contributed by atoms with Crippen molar-refractivity contribution in [1.29, 1.82) is 0 Å². The van der Waals surface area contributed by atoms with Crippen LogP contribution < -0.4 is 16.2 Å². The number of rotatable bonds is 4.